The highest BCUT2D eigenvalue weighted by atomic mass is 16.2. The van der Waals surface area contributed by atoms with Crippen LogP contribution in [0.5, 0.6) is 0 Å². The fourth-order valence-corrected chi connectivity index (χ4v) is 4.92. The molecule has 1 aromatic carbocycles. The normalized spacial score (nSPS) is 19.3. The van der Waals surface area contributed by atoms with E-state index in [0.29, 0.717) is 6.42 Å². The quantitative estimate of drug-likeness (QED) is 0.567. The molecular formula is C26H43N5O2. The zero-order chi connectivity index (χ0) is 23.5. The Morgan fingerprint density at radius 1 is 0.939 bits per heavy atom. The molecule has 184 valence electrons. The van der Waals surface area contributed by atoms with Crippen LogP contribution in [0.2, 0.25) is 0 Å². The van der Waals surface area contributed by atoms with Crippen molar-refractivity contribution in [2.75, 3.05) is 52.4 Å². The molecule has 7 heteroatoms. The molecule has 3 rings (SSSR count). The lowest BCUT2D eigenvalue weighted by Gasteiger charge is -2.35. The molecule has 33 heavy (non-hydrogen) atoms. The molecule has 1 atom stereocenters. The molecule has 0 saturated carbocycles. The zero-order valence-electron chi connectivity index (χ0n) is 20.6. The van der Waals surface area contributed by atoms with Gasteiger partial charge in [0.2, 0.25) is 5.91 Å². The smallest absolute Gasteiger partial charge is 0.315 e. The molecule has 2 N–H and O–H groups in total. The van der Waals surface area contributed by atoms with Crippen molar-refractivity contribution in [2.45, 2.75) is 64.5 Å². The molecule has 0 radical (unpaired) electrons. The third-order valence-electron chi connectivity index (χ3n) is 6.94. The van der Waals surface area contributed by atoms with E-state index < -0.39 is 0 Å². The largest absolute Gasteiger partial charge is 0.343 e. The molecule has 2 heterocycles. The first-order chi connectivity index (χ1) is 16.1. The molecule has 7 nitrogen and oxygen atoms in total. The van der Waals surface area contributed by atoms with Crippen LogP contribution >= 0.6 is 0 Å². The number of piperazine rings is 1. The molecule has 0 aliphatic carbocycles. The maximum atomic E-state index is 12.8. The highest BCUT2D eigenvalue weighted by molar-refractivity contribution is 5.76. The predicted octanol–water partition coefficient (Wildman–Crippen LogP) is 2.72. The van der Waals surface area contributed by atoms with E-state index in [0.717, 1.165) is 71.5 Å². The van der Waals surface area contributed by atoms with Crippen LogP contribution in [0.25, 0.3) is 0 Å². The fourth-order valence-electron chi connectivity index (χ4n) is 4.92. The summed E-state index contributed by atoms with van der Waals surface area (Å²) in [5, 5.41) is 6.42. The molecular weight excluding hydrogens is 414 g/mol. The molecule has 0 bridgehead atoms. The van der Waals surface area contributed by atoms with Gasteiger partial charge in [-0.15, -0.1) is 0 Å². The summed E-state index contributed by atoms with van der Waals surface area (Å²) in [5.74, 6) is 0.205. The Kier molecular flexibility index (Phi) is 10.5. The summed E-state index contributed by atoms with van der Waals surface area (Å²) in [7, 11) is 0. The Hall–Kier alpha value is -2.12. The monoisotopic (exact) mass is 457 g/mol. The van der Waals surface area contributed by atoms with Crippen molar-refractivity contribution in [1.82, 2.24) is 25.3 Å². The number of nitrogens with one attached hydrogen (secondary N) is 2. The number of hydrogen-bond acceptors (Lipinski definition) is 4. The van der Waals surface area contributed by atoms with Gasteiger partial charge in [-0.25, -0.2) is 4.79 Å². The van der Waals surface area contributed by atoms with Gasteiger partial charge in [-0.2, -0.15) is 0 Å². The third-order valence-corrected chi connectivity index (χ3v) is 6.94. The van der Waals surface area contributed by atoms with E-state index in [1.54, 1.807) is 0 Å². The lowest BCUT2D eigenvalue weighted by atomic mass is 10.0. The topological polar surface area (TPSA) is 67.9 Å². The summed E-state index contributed by atoms with van der Waals surface area (Å²) in [5.41, 5.74) is 1.25. The minimum atomic E-state index is -0.0797. The van der Waals surface area contributed by atoms with E-state index in [9.17, 15) is 9.59 Å². The first-order valence-corrected chi connectivity index (χ1v) is 12.9. The number of amides is 3. The van der Waals surface area contributed by atoms with Gasteiger partial charge in [-0.1, -0.05) is 44.2 Å². The molecule has 1 aromatic rings. The lowest BCUT2D eigenvalue weighted by molar-refractivity contribution is -0.131. The first-order valence-electron chi connectivity index (χ1n) is 12.9. The van der Waals surface area contributed by atoms with Gasteiger partial charge < -0.3 is 25.3 Å². The Balaban J connectivity index is 1.47. The highest BCUT2D eigenvalue weighted by Gasteiger charge is 2.24. The Morgan fingerprint density at radius 3 is 2.18 bits per heavy atom. The molecule has 3 amide bonds. The Morgan fingerprint density at radius 2 is 1.58 bits per heavy atom. The van der Waals surface area contributed by atoms with Crippen molar-refractivity contribution >= 4 is 11.9 Å². The van der Waals surface area contributed by atoms with Crippen molar-refractivity contribution in [3.05, 3.63) is 35.9 Å². The Labute approximate surface area is 199 Å². The number of likely N-dealkylation sites (tertiary alicyclic amines) is 1. The van der Waals surface area contributed by atoms with Crippen LogP contribution in [-0.2, 0) is 11.2 Å². The number of carbonyl (C=O) groups excluding carboxylic acids is 2. The average Bonchev–Trinajstić information content (AvgIpc) is 2.84. The van der Waals surface area contributed by atoms with Gasteiger partial charge in [0.1, 0.15) is 0 Å². The molecule has 2 aliphatic rings. The summed E-state index contributed by atoms with van der Waals surface area (Å²) in [4.78, 5) is 31.7. The zero-order valence-corrected chi connectivity index (χ0v) is 20.6. The van der Waals surface area contributed by atoms with Crippen LogP contribution in [0.1, 0.15) is 51.5 Å². The highest BCUT2D eigenvalue weighted by Crippen LogP contribution is 2.12. The SMILES string of the molecule is CCCN1CCN(CCC(Cc2ccccc2)NC(=O)NC2CCN(C(=O)CC)CC2)CC1. The molecule has 0 aromatic heterocycles. The van der Waals surface area contributed by atoms with Crippen molar-refractivity contribution in [1.29, 1.82) is 0 Å². The summed E-state index contributed by atoms with van der Waals surface area (Å²) in [6.45, 7) is 12.3. The van der Waals surface area contributed by atoms with E-state index in [2.05, 4.69) is 51.6 Å². The molecule has 2 fully saturated rings. The molecule has 2 saturated heterocycles. The second-order valence-corrected chi connectivity index (χ2v) is 9.49. The standard InChI is InChI=1S/C26H43N5O2/c1-3-13-29-17-19-30(20-18-29)14-10-24(21-22-8-6-5-7-9-22)28-26(33)27-23-11-15-31(16-12-23)25(32)4-2/h5-9,23-24H,3-4,10-21H2,1-2H3,(H2,27,28,33). The van der Waals surface area contributed by atoms with Gasteiger partial charge in [0.25, 0.3) is 0 Å². The second-order valence-electron chi connectivity index (χ2n) is 9.49. The number of hydrogen-bond donors (Lipinski definition) is 2. The fraction of sp³-hybridized carbons (Fsp3) is 0.692. The maximum Gasteiger partial charge on any atom is 0.315 e. The van der Waals surface area contributed by atoms with Gasteiger partial charge in [0.15, 0.2) is 0 Å². The van der Waals surface area contributed by atoms with E-state index in [1.165, 1.54) is 18.5 Å². The van der Waals surface area contributed by atoms with Crippen LogP contribution in [0.15, 0.2) is 30.3 Å². The van der Waals surface area contributed by atoms with Crippen molar-refractivity contribution in [2.24, 2.45) is 0 Å². The predicted molar refractivity (Wildman–Crippen MR) is 133 cm³/mol. The number of rotatable bonds is 10. The van der Waals surface area contributed by atoms with Gasteiger partial charge in [-0.05, 0) is 44.2 Å². The van der Waals surface area contributed by atoms with Gasteiger partial charge in [0.05, 0.1) is 0 Å². The van der Waals surface area contributed by atoms with Gasteiger partial charge in [0, 0.05) is 64.3 Å². The molecule has 2 aliphatic heterocycles. The van der Waals surface area contributed by atoms with E-state index in [4.69, 9.17) is 0 Å². The van der Waals surface area contributed by atoms with Crippen LogP contribution < -0.4 is 10.6 Å². The van der Waals surface area contributed by atoms with Crippen molar-refractivity contribution in [3.8, 4) is 0 Å². The summed E-state index contributed by atoms with van der Waals surface area (Å²) in [6.07, 6.45) is 5.20. The van der Waals surface area contributed by atoms with Crippen LogP contribution in [0, 0.1) is 0 Å². The van der Waals surface area contributed by atoms with Crippen molar-refractivity contribution < 1.29 is 9.59 Å². The number of piperidine rings is 1. The average molecular weight is 458 g/mol. The molecule has 0 spiro atoms. The number of nitrogens with zero attached hydrogens (tertiary/aromatic N) is 3. The van der Waals surface area contributed by atoms with Gasteiger partial charge >= 0.3 is 6.03 Å². The van der Waals surface area contributed by atoms with E-state index >= 15 is 0 Å². The minimum Gasteiger partial charge on any atom is -0.343 e. The number of urea groups is 1. The Bertz CT molecular complexity index is 713. The second kappa shape index (κ2) is 13.6. The minimum absolute atomic E-state index is 0.0797. The van der Waals surface area contributed by atoms with Crippen LogP contribution in [0.4, 0.5) is 4.79 Å². The number of benzene rings is 1. The first kappa shape index (κ1) is 25.5. The van der Waals surface area contributed by atoms with E-state index in [1.807, 2.05) is 17.9 Å². The third kappa shape index (κ3) is 8.63. The summed E-state index contributed by atoms with van der Waals surface area (Å²) < 4.78 is 0. The van der Waals surface area contributed by atoms with Gasteiger partial charge in [-0.3, -0.25) is 4.79 Å². The molecule has 1 unspecified atom stereocenters. The van der Waals surface area contributed by atoms with Crippen molar-refractivity contribution in [3.63, 3.8) is 0 Å². The van der Waals surface area contributed by atoms with Crippen LogP contribution in [0.3, 0.4) is 0 Å². The van der Waals surface area contributed by atoms with Crippen LogP contribution in [-0.4, -0.2) is 91.1 Å². The maximum absolute atomic E-state index is 12.8. The lowest BCUT2D eigenvalue weighted by Crippen LogP contribution is -2.52. The number of carbonyl (C=O) groups is 2. The summed E-state index contributed by atoms with van der Waals surface area (Å²) >= 11 is 0. The summed E-state index contributed by atoms with van der Waals surface area (Å²) in [6, 6.07) is 10.6. The van der Waals surface area contributed by atoms with E-state index in [-0.39, 0.29) is 24.0 Å².